The number of hydrogen-bond acceptors (Lipinski definition) is 5. The minimum absolute atomic E-state index is 0.0105. The second-order valence-corrected chi connectivity index (χ2v) is 9.75. The van der Waals surface area contributed by atoms with Gasteiger partial charge in [0.2, 0.25) is 0 Å². The van der Waals surface area contributed by atoms with Gasteiger partial charge < -0.3 is 0 Å². The lowest BCUT2D eigenvalue weighted by Gasteiger charge is -2.18. The van der Waals surface area contributed by atoms with E-state index in [0.29, 0.717) is 16.1 Å². The Morgan fingerprint density at radius 2 is 2.00 bits per heavy atom. The van der Waals surface area contributed by atoms with Crippen LogP contribution < -0.4 is 5.56 Å². The van der Waals surface area contributed by atoms with Gasteiger partial charge in [-0.2, -0.15) is 0 Å². The zero-order valence-corrected chi connectivity index (χ0v) is 17.2. The maximum atomic E-state index is 13.1. The highest BCUT2D eigenvalue weighted by molar-refractivity contribution is 9.11. The highest BCUT2D eigenvalue weighted by Gasteiger charge is 2.23. The van der Waals surface area contributed by atoms with E-state index < -0.39 is 0 Å². The minimum atomic E-state index is 0.0105. The minimum Gasteiger partial charge on any atom is -0.292 e. The van der Waals surface area contributed by atoms with Gasteiger partial charge in [0.05, 0.1) is 25.3 Å². The molecule has 0 N–H and O–H groups in total. The van der Waals surface area contributed by atoms with Crippen LogP contribution in [0.2, 0.25) is 0 Å². The van der Waals surface area contributed by atoms with Crippen LogP contribution in [0.15, 0.2) is 50.1 Å². The molecule has 0 bridgehead atoms. The molecule has 0 amide bonds. The zero-order chi connectivity index (χ0) is 18.1. The molecule has 4 nitrogen and oxygen atoms in total. The molecule has 4 rings (SSSR count). The van der Waals surface area contributed by atoms with Crippen molar-refractivity contribution in [2.75, 3.05) is 5.75 Å². The number of aromatic nitrogens is 2. The molecule has 2 aromatic heterocycles. The molecule has 1 aliphatic carbocycles. The van der Waals surface area contributed by atoms with Crippen molar-refractivity contribution < 1.29 is 4.79 Å². The zero-order valence-electron chi connectivity index (χ0n) is 14.0. The first-order chi connectivity index (χ1) is 12.6. The van der Waals surface area contributed by atoms with Crippen LogP contribution in [0.3, 0.4) is 0 Å². The van der Waals surface area contributed by atoms with Gasteiger partial charge in [-0.05, 0) is 53.0 Å². The highest BCUT2D eigenvalue weighted by Crippen LogP contribution is 2.32. The molecule has 0 spiro atoms. The average molecular weight is 449 g/mol. The fourth-order valence-corrected chi connectivity index (χ4v) is 5.74. The summed E-state index contributed by atoms with van der Waals surface area (Å²) in [6.07, 6.45) is 4.27. The molecule has 0 radical (unpaired) electrons. The highest BCUT2D eigenvalue weighted by atomic mass is 79.9. The van der Waals surface area contributed by atoms with Gasteiger partial charge in [-0.25, -0.2) is 4.98 Å². The number of Topliss-reactive ketones (excluding diaryl/α,β-unsaturated/α-hetero) is 1. The Balaban J connectivity index is 1.69. The molecule has 134 valence electrons. The molecule has 3 aromatic rings. The Kier molecular flexibility index (Phi) is 5.29. The molecular formula is C19H17BrN2O2S2. The number of nitrogens with zero attached hydrogens (tertiary/aromatic N) is 2. The predicted octanol–water partition coefficient (Wildman–Crippen LogP) is 5.31. The van der Waals surface area contributed by atoms with Crippen LogP contribution in [0.25, 0.3) is 10.9 Å². The van der Waals surface area contributed by atoms with Crippen molar-refractivity contribution in [2.24, 2.45) is 0 Å². The fourth-order valence-electron chi connectivity index (χ4n) is 3.38. The van der Waals surface area contributed by atoms with Crippen LogP contribution in [-0.2, 0) is 0 Å². The third-order valence-corrected chi connectivity index (χ3v) is 7.26. The number of thioether (sulfide) groups is 1. The normalized spacial score (nSPS) is 15.0. The van der Waals surface area contributed by atoms with E-state index in [1.54, 1.807) is 0 Å². The maximum absolute atomic E-state index is 13.1. The largest absolute Gasteiger partial charge is 0.292 e. The number of benzene rings is 1. The van der Waals surface area contributed by atoms with Gasteiger partial charge in [-0.3, -0.25) is 14.2 Å². The first-order valence-corrected chi connectivity index (χ1v) is 11.2. The van der Waals surface area contributed by atoms with Crippen molar-refractivity contribution in [1.82, 2.24) is 9.55 Å². The Bertz CT molecular complexity index is 1020. The topological polar surface area (TPSA) is 52.0 Å². The predicted molar refractivity (Wildman–Crippen MR) is 111 cm³/mol. The van der Waals surface area contributed by atoms with Crippen LogP contribution >= 0.6 is 39.0 Å². The van der Waals surface area contributed by atoms with E-state index in [1.165, 1.54) is 23.1 Å². The summed E-state index contributed by atoms with van der Waals surface area (Å²) in [5.74, 6) is 0.343. The van der Waals surface area contributed by atoms with Gasteiger partial charge >= 0.3 is 0 Å². The lowest BCUT2D eigenvalue weighted by Crippen LogP contribution is -2.26. The number of ketones is 1. The Morgan fingerprint density at radius 1 is 1.23 bits per heavy atom. The number of fused-ring (bicyclic) bond motifs is 1. The summed E-state index contributed by atoms with van der Waals surface area (Å²) in [6, 6.07) is 11.3. The summed E-state index contributed by atoms with van der Waals surface area (Å²) in [5.41, 5.74) is 0.705. The van der Waals surface area contributed by atoms with Crippen LogP contribution in [0, 0.1) is 0 Å². The lowest BCUT2D eigenvalue weighted by atomic mass is 10.2. The molecule has 1 aromatic carbocycles. The van der Waals surface area contributed by atoms with Gasteiger partial charge in [0, 0.05) is 6.04 Å². The van der Waals surface area contributed by atoms with Crippen molar-refractivity contribution >= 4 is 55.7 Å². The van der Waals surface area contributed by atoms with Gasteiger partial charge in [0.25, 0.3) is 5.56 Å². The summed E-state index contributed by atoms with van der Waals surface area (Å²) in [5, 5.41) is 1.31. The van der Waals surface area contributed by atoms with Crippen LogP contribution in [0.1, 0.15) is 41.4 Å². The Hall–Kier alpha value is -1.44. The molecule has 0 unspecified atom stereocenters. The summed E-state index contributed by atoms with van der Waals surface area (Å²) in [6.45, 7) is 0. The van der Waals surface area contributed by atoms with Crippen LogP contribution in [0.5, 0.6) is 0 Å². The molecule has 1 saturated carbocycles. The molecule has 0 saturated heterocycles. The third-order valence-electron chi connectivity index (χ3n) is 4.65. The monoisotopic (exact) mass is 448 g/mol. The number of para-hydroxylation sites is 1. The van der Waals surface area contributed by atoms with E-state index >= 15 is 0 Å². The van der Waals surface area contributed by atoms with Crippen molar-refractivity contribution in [3.05, 3.63) is 55.4 Å². The van der Waals surface area contributed by atoms with E-state index in [9.17, 15) is 9.59 Å². The number of thiophene rings is 1. The molecule has 1 fully saturated rings. The standard InChI is InChI=1S/C19H17BrN2O2S2/c20-17-10-9-16(26-17)15(23)11-25-19-21-14-8-4-3-7-13(14)18(24)22(19)12-5-1-2-6-12/h3-4,7-10,12H,1-2,5-6,11H2. The number of halogens is 1. The van der Waals surface area contributed by atoms with Gasteiger partial charge in [0.15, 0.2) is 10.9 Å². The number of rotatable bonds is 5. The van der Waals surface area contributed by atoms with E-state index in [4.69, 9.17) is 4.98 Å². The van der Waals surface area contributed by atoms with E-state index in [0.717, 1.165) is 34.3 Å². The molecule has 1 aliphatic rings. The first-order valence-electron chi connectivity index (χ1n) is 8.56. The first kappa shape index (κ1) is 17.9. The summed E-state index contributed by atoms with van der Waals surface area (Å²) >= 11 is 6.19. The number of carbonyl (C=O) groups is 1. The summed E-state index contributed by atoms with van der Waals surface area (Å²) in [7, 11) is 0. The van der Waals surface area contributed by atoms with E-state index in [2.05, 4.69) is 15.9 Å². The van der Waals surface area contributed by atoms with Gasteiger partial charge in [-0.15, -0.1) is 11.3 Å². The van der Waals surface area contributed by atoms with Gasteiger partial charge in [-0.1, -0.05) is 36.7 Å². The quantitative estimate of drug-likeness (QED) is 0.301. The summed E-state index contributed by atoms with van der Waals surface area (Å²) in [4.78, 5) is 31.0. The molecule has 26 heavy (non-hydrogen) atoms. The molecule has 2 heterocycles. The van der Waals surface area contributed by atoms with Crippen molar-refractivity contribution in [1.29, 1.82) is 0 Å². The third kappa shape index (κ3) is 3.52. The average Bonchev–Trinajstić information content (AvgIpc) is 3.31. The van der Waals surface area contributed by atoms with Gasteiger partial charge in [0.1, 0.15) is 0 Å². The number of carbonyl (C=O) groups excluding carboxylic acids is 1. The van der Waals surface area contributed by atoms with E-state index in [1.807, 2.05) is 41.0 Å². The number of hydrogen-bond donors (Lipinski definition) is 0. The van der Waals surface area contributed by atoms with Crippen molar-refractivity contribution in [3.8, 4) is 0 Å². The van der Waals surface area contributed by atoms with Crippen LogP contribution in [-0.4, -0.2) is 21.1 Å². The summed E-state index contributed by atoms with van der Waals surface area (Å²) < 4.78 is 2.77. The second kappa shape index (κ2) is 7.66. The lowest BCUT2D eigenvalue weighted by molar-refractivity contribution is 0.102. The Labute approximate surface area is 167 Å². The Morgan fingerprint density at radius 3 is 2.73 bits per heavy atom. The van der Waals surface area contributed by atoms with Crippen LogP contribution in [0.4, 0.5) is 0 Å². The molecule has 0 atom stereocenters. The van der Waals surface area contributed by atoms with E-state index in [-0.39, 0.29) is 23.1 Å². The molecular weight excluding hydrogens is 432 g/mol. The van der Waals surface area contributed by atoms with Crippen molar-refractivity contribution in [2.45, 2.75) is 36.9 Å². The molecule has 0 aliphatic heterocycles. The smallest absolute Gasteiger partial charge is 0.262 e. The van der Waals surface area contributed by atoms with Crippen molar-refractivity contribution in [3.63, 3.8) is 0 Å². The maximum Gasteiger partial charge on any atom is 0.262 e. The fraction of sp³-hybridized carbons (Fsp3) is 0.316. The SMILES string of the molecule is O=C(CSc1nc2ccccc2c(=O)n1C1CCCC1)c1ccc(Br)s1. The second-order valence-electron chi connectivity index (χ2n) is 6.34. The molecule has 7 heteroatoms.